The molecule has 1 aliphatic heterocycles. The third kappa shape index (κ3) is 3.70. The van der Waals surface area contributed by atoms with E-state index in [-0.39, 0.29) is 0 Å². The molecule has 0 radical (unpaired) electrons. The van der Waals surface area contributed by atoms with Crippen molar-refractivity contribution in [3.8, 4) is 0 Å². The topological polar surface area (TPSA) is 47.3 Å². The van der Waals surface area contributed by atoms with Gasteiger partial charge in [-0.2, -0.15) is 0 Å². The maximum Gasteiger partial charge on any atom is 0.0514 e. The highest BCUT2D eigenvalue weighted by Crippen LogP contribution is 2.23. The number of aryl methyl sites for hydroxylation is 1. The zero-order valence-electron chi connectivity index (χ0n) is 10.8. The third-order valence-corrected chi connectivity index (χ3v) is 3.87. The average Bonchev–Trinajstić information content (AvgIpc) is 2.36. The summed E-state index contributed by atoms with van der Waals surface area (Å²) in [7, 11) is 0. The van der Waals surface area contributed by atoms with Crippen molar-refractivity contribution in [1.82, 2.24) is 0 Å². The molecule has 2 rings (SSSR count). The molecule has 2 unspecified atom stereocenters. The monoisotopic (exact) mass is 312 g/mol. The Balaban J connectivity index is 2.04. The quantitative estimate of drug-likeness (QED) is 0.898. The molecule has 1 aromatic rings. The van der Waals surface area contributed by atoms with Crippen LogP contribution in [-0.4, -0.2) is 25.8 Å². The first-order valence-electron chi connectivity index (χ1n) is 6.50. The molecular weight excluding hydrogens is 292 g/mol. The molecule has 4 heteroatoms. The van der Waals surface area contributed by atoms with Crippen LogP contribution >= 0.6 is 15.9 Å². The summed E-state index contributed by atoms with van der Waals surface area (Å²) in [5.74, 6) is 0.517. The van der Waals surface area contributed by atoms with Gasteiger partial charge in [0.2, 0.25) is 0 Å². The van der Waals surface area contributed by atoms with Crippen LogP contribution in [0, 0.1) is 12.8 Å². The van der Waals surface area contributed by atoms with Gasteiger partial charge in [0.05, 0.1) is 6.61 Å². The van der Waals surface area contributed by atoms with Gasteiger partial charge in [-0.25, -0.2) is 0 Å². The molecule has 100 valence electrons. The third-order valence-electron chi connectivity index (χ3n) is 3.41. The average molecular weight is 313 g/mol. The summed E-state index contributed by atoms with van der Waals surface area (Å²) >= 11 is 3.52. The highest BCUT2D eigenvalue weighted by atomic mass is 79.9. The highest BCUT2D eigenvalue weighted by Gasteiger charge is 2.23. The number of nitrogens with two attached hydrogens (primary N) is 1. The predicted molar refractivity (Wildman–Crippen MR) is 78.9 cm³/mol. The van der Waals surface area contributed by atoms with E-state index in [0.29, 0.717) is 18.5 Å². The lowest BCUT2D eigenvalue weighted by molar-refractivity contribution is 0.0485. The maximum atomic E-state index is 5.90. The van der Waals surface area contributed by atoms with Crippen molar-refractivity contribution in [2.24, 2.45) is 11.7 Å². The number of halogens is 1. The molecule has 0 aliphatic carbocycles. The van der Waals surface area contributed by atoms with Crippen molar-refractivity contribution in [2.45, 2.75) is 25.8 Å². The van der Waals surface area contributed by atoms with Gasteiger partial charge in [0.25, 0.3) is 0 Å². The normalized spacial score (nSPS) is 21.6. The second kappa shape index (κ2) is 6.55. The van der Waals surface area contributed by atoms with E-state index in [1.165, 1.54) is 12.0 Å². The van der Waals surface area contributed by atoms with E-state index in [2.05, 4.69) is 46.4 Å². The number of ether oxygens (including phenoxy) is 1. The fraction of sp³-hybridized carbons (Fsp3) is 0.571. The van der Waals surface area contributed by atoms with E-state index in [4.69, 9.17) is 10.5 Å². The Morgan fingerprint density at radius 2 is 2.33 bits per heavy atom. The van der Waals surface area contributed by atoms with E-state index in [1.807, 2.05) is 0 Å². The number of hydrogen-bond donors (Lipinski definition) is 2. The minimum absolute atomic E-state index is 0.291. The maximum absolute atomic E-state index is 5.90. The smallest absolute Gasteiger partial charge is 0.0514 e. The van der Waals surface area contributed by atoms with Gasteiger partial charge in [-0.3, -0.25) is 0 Å². The van der Waals surface area contributed by atoms with Crippen molar-refractivity contribution < 1.29 is 4.74 Å². The molecule has 2 atom stereocenters. The number of hydrogen-bond acceptors (Lipinski definition) is 3. The van der Waals surface area contributed by atoms with Crippen LogP contribution in [0.15, 0.2) is 22.7 Å². The predicted octanol–water partition coefficient (Wildman–Crippen LogP) is 2.92. The Bertz CT molecular complexity index is 371. The second-order valence-corrected chi connectivity index (χ2v) is 5.90. The van der Waals surface area contributed by atoms with Crippen LogP contribution in [0.1, 0.15) is 18.4 Å². The molecule has 1 fully saturated rings. The molecule has 1 aliphatic rings. The van der Waals surface area contributed by atoms with Gasteiger partial charge in [-0.15, -0.1) is 0 Å². The van der Waals surface area contributed by atoms with E-state index in [0.717, 1.165) is 29.8 Å². The summed E-state index contributed by atoms with van der Waals surface area (Å²) in [4.78, 5) is 0. The Kier molecular flexibility index (Phi) is 5.03. The number of benzene rings is 1. The second-order valence-electron chi connectivity index (χ2n) is 4.98. The molecule has 0 saturated carbocycles. The lowest BCUT2D eigenvalue weighted by Gasteiger charge is -2.30. The first kappa shape index (κ1) is 13.8. The van der Waals surface area contributed by atoms with Gasteiger partial charge in [-0.05, 0) is 43.5 Å². The highest BCUT2D eigenvalue weighted by molar-refractivity contribution is 9.10. The zero-order valence-corrected chi connectivity index (χ0v) is 12.4. The zero-order chi connectivity index (χ0) is 13.0. The van der Waals surface area contributed by atoms with E-state index in [9.17, 15) is 0 Å². The summed E-state index contributed by atoms with van der Waals surface area (Å²) < 4.78 is 6.64. The number of rotatable bonds is 4. The fourth-order valence-electron chi connectivity index (χ4n) is 2.49. The largest absolute Gasteiger partial charge is 0.381 e. The minimum Gasteiger partial charge on any atom is -0.381 e. The van der Waals surface area contributed by atoms with Crippen molar-refractivity contribution in [3.05, 3.63) is 28.2 Å². The molecule has 0 bridgehead atoms. The van der Waals surface area contributed by atoms with Crippen molar-refractivity contribution in [3.63, 3.8) is 0 Å². The molecule has 1 aromatic carbocycles. The lowest BCUT2D eigenvalue weighted by atomic mass is 9.93. The van der Waals surface area contributed by atoms with E-state index < -0.39 is 0 Å². The standard InChI is InChI=1S/C14H21BrN2O/c1-10-5-12(15)7-13(6-10)17-14(8-16)11-3-2-4-18-9-11/h5-7,11,14,17H,2-4,8-9,16H2,1H3. The summed E-state index contributed by atoms with van der Waals surface area (Å²) in [5.41, 5.74) is 8.26. The molecule has 18 heavy (non-hydrogen) atoms. The Hall–Kier alpha value is -0.580. The number of anilines is 1. The van der Waals surface area contributed by atoms with Crippen LogP contribution in [0.5, 0.6) is 0 Å². The number of nitrogens with one attached hydrogen (secondary N) is 1. The lowest BCUT2D eigenvalue weighted by Crippen LogP contribution is -2.40. The van der Waals surface area contributed by atoms with Gasteiger partial charge >= 0.3 is 0 Å². The SMILES string of the molecule is Cc1cc(Br)cc(NC(CN)C2CCCOC2)c1. The fourth-order valence-corrected chi connectivity index (χ4v) is 3.09. The van der Waals surface area contributed by atoms with E-state index >= 15 is 0 Å². The van der Waals surface area contributed by atoms with Crippen LogP contribution in [-0.2, 0) is 4.74 Å². The van der Waals surface area contributed by atoms with E-state index in [1.54, 1.807) is 0 Å². The van der Waals surface area contributed by atoms with Crippen LogP contribution in [0.4, 0.5) is 5.69 Å². The van der Waals surface area contributed by atoms with Crippen molar-refractivity contribution >= 4 is 21.6 Å². The van der Waals surface area contributed by atoms with Crippen LogP contribution < -0.4 is 11.1 Å². The first-order valence-corrected chi connectivity index (χ1v) is 7.30. The molecule has 1 heterocycles. The van der Waals surface area contributed by atoms with Gasteiger partial charge in [0.15, 0.2) is 0 Å². The Morgan fingerprint density at radius 3 is 2.94 bits per heavy atom. The summed E-state index contributed by atoms with van der Waals surface area (Å²) in [6.07, 6.45) is 2.34. The molecular formula is C14H21BrN2O. The van der Waals surface area contributed by atoms with Gasteiger partial charge in [-0.1, -0.05) is 15.9 Å². The molecule has 0 aromatic heterocycles. The van der Waals surface area contributed by atoms with Crippen LogP contribution in [0.2, 0.25) is 0 Å². The van der Waals surface area contributed by atoms with Crippen molar-refractivity contribution in [2.75, 3.05) is 25.1 Å². The molecule has 3 nitrogen and oxygen atoms in total. The summed E-state index contributed by atoms with van der Waals surface area (Å²) in [5, 5.41) is 3.55. The van der Waals surface area contributed by atoms with Crippen LogP contribution in [0.3, 0.4) is 0 Å². The Morgan fingerprint density at radius 1 is 1.50 bits per heavy atom. The molecule has 0 spiro atoms. The minimum atomic E-state index is 0.291. The summed E-state index contributed by atoms with van der Waals surface area (Å²) in [6.45, 7) is 4.45. The van der Waals surface area contributed by atoms with Gasteiger partial charge in [0.1, 0.15) is 0 Å². The van der Waals surface area contributed by atoms with Gasteiger partial charge < -0.3 is 15.8 Å². The Labute approximate surface area is 117 Å². The molecule has 0 amide bonds. The first-order chi connectivity index (χ1) is 8.69. The molecule has 1 saturated heterocycles. The summed E-state index contributed by atoms with van der Waals surface area (Å²) in [6, 6.07) is 6.64. The van der Waals surface area contributed by atoms with Crippen molar-refractivity contribution in [1.29, 1.82) is 0 Å². The van der Waals surface area contributed by atoms with Crippen LogP contribution in [0.25, 0.3) is 0 Å². The molecule has 3 N–H and O–H groups in total. The van der Waals surface area contributed by atoms with Gasteiger partial charge in [0, 0.05) is 35.3 Å².